The molecule has 0 saturated heterocycles. The van der Waals surface area contributed by atoms with E-state index in [2.05, 4.69) is 5.32 Å². The van der Waals surface area contributed by atoms with Crippen molar-refractivity contribution in [2.75, 3.05) is 6.61 Å². The van der Waals surface area contributed by atoms with Crippen LogP contribution in [0.25, 0.3) is 0 Å². The van der Waals surface area contributed by atoms with E-state index in [1.54, 1.807) is 0 Å². The van der Waals surface area contributed by atoms with Crippen molar-refractivity contribution < 1.29 is 9.90 Å². The van der Waals surface area contributed by atoms with Crippen molar-refractivity contribution in [2.24, 2.45) is 0 Å². The van der Waals surface area contributed by atoms with Crippen LogP contribution in [-0.2, 0) is 4.79 Å². The summed E-state index contributed by atoms with van der Waals surface area (Å²) in [7, 11) is 0. The molecule has 11 heavy (non-hydrogen) atoms. The average molecular weight is 155 g/mol. The van der Waals surface area contributed by atoms with Gasteiger partial charge < -0.3 is 10.4 Å². The maximum atomic E-state index is 10.6. The quantitative estimate of drug-likeness (QED) is 0.557. The molecule has 0 aromatic heterocycles. The summed E-state index contributed by atoms with van der Waals surface area (Å²) in [5.74, 6) is 1.57. The highest BCUT2D eigenvalue weighted by atomic mass is 16.2. The number of aliphatic hydroxyl groups excluding tert-OH is 1. The smallest absolute Gasteiger partial charge is 0.295 e. The number of aliphatic hydroxyl groups is 1. The van der Waals surface area contributed by atoms with E-state index in [0.717, 1.165) is 6.42 Å². The van der Waals surface area contributed by atoms with Gasteiger partial charge in [0.15, 0.2) is 0 Å². The second kappa shape index (κ2) is 5.75. The molecular weight excluding hydrogens is 142 g/mol. The van der Waals surface area contributed by atoms with Crippen LogP contribution in [0.2, 0.25) is 0 Å². The summed E-state index contributed by atoms with van der Waals surface area (Å²) in [4.78, 5) is 10.6. The number of amides is 1. The zero-order valence-electron chi connectivity index (χ0n) is 6.63. The normalized spacial score (nSPS) is 11.7. The van der Waals surface area contributed by atoms with Gasteiger partial charge in [0.1, 0.15) is 0 Å². The third-order valence-electron chi connectivity index (χ3n) is 1.30. The number of terminal acetylenes is 1. The molecule has 0 spiro atoms. The Bertz CT molecular complexity index is 160. The van der Waals surface area contributed by atoms with Gasteiger partial charge in [0.05, 0.1) is 0 Å². The summed E-state index contributed by atoms with van der Waals surface area (Å²) in [5, 5.41) is 11.0. The third-order valence-corrected chi connectivity index (χ3v) is 1.30. The summed E-state index contributed by atoms with van der Waals surface area (Å²) in [6.07, 6.45) is 6.28. The SMILES string of the molecule is C#CC(=O)NC(C)CCCO. The molecule has 0 radical (unpaired) electrons. The number of nitrogens with one attached hydrogen (secondary N) is 1. The summed E-state index contributed by atoms with van der Waals surface area (Å²) in [6, 6.07) is 0.0469. The van der Waals surface area contributed by atoms with Crippen LogP contribution >= 0.6 is 0 Å². The van der Waals surface area contributed by atoms with Gasteiger partial charge in [-0.05, 0) is 25.7 Å². The first-order valence-corrected chi connectivity index (χ1v) is 3.58. The maximum absolute atomic E-state index is 10.6. The lowest BCUT2D eigenvalue weighted by atomic mass is 10.2. The van der Waals surface area contributed by atoms with Crippen molar-refractivity contribution in [3.8, 4) is 12.3 Å². The molecule has 62 valence electrons. The first-order valence-electron chi connectivity index (χ1n) is 3.58. The van der Waals surface area contributed by atoms with Crippen molar-refractivity contribution in [1.29, 1.82) is 0 Å². The Morgan fingerprint density at radius 2 is 2.45 bits per heavy atom. The summed E-state index contributed by atoms with van der Waals surface area (Å²) < 4.78 is 0. The van der Waals surface area contributed by atoms with Gasteiger partial charge in [0.25, 0.3) is 5.91 Å². The van der Waals surface area contributed by atoms with Crippen LogP contribution in [0.15, 0.2) is 0 Å². The van der Waals surface area contributed by atoms with Crippen LogP contribution in [-0.4, -0.2) is 23.7 Å². The number of hydrogen-bond acceptors (Lipinski definition) is 2. The molecule has 0 heterocycles. The molecule has 3 nitrogen and oxygen atoms in total. The van der Waals surface area contributed by atoms with Crippen LogP contribution < -0.4 is 5.32 Å². The average Bonchev–Trinajstić information content (AvgIpc) is 2.00. The molecule has 0 aliphatic rings. The Hall–Kier alpha value is -1.01. The molecule has 0 aliphatic carbocycles. The topological polar surface area (TPSA) is 49.3 Å². The monoisotopic (exact) mass is 155 g/mol. The van der Waals surface area contributed by atoms with E-state index in [4.69, 9.17) is 11.5 Å². The van der Waals surface area contributed by atoms with Crippen LogP contribution in [0.5, 0.6) is 0 Å². The summed E-state index contributed by atoms with van der Waals surface area (Å²) in [6.45, 7) is 2.00. The van der Waals surface area contributed by atoms with E-state index < -0.39 is 5.91 Å². The Morgan fingerprint density at radius 1 is 1.82 bits per heavy atom. The Morgan fingerprint density at radius 3 is 2.91 bits per heavy atom. The van der Waals surface area contributed by atoms with Crippen LogP contribution in [0.1, 0.15) is 19.8 Å². The fraction of sp³-hybridized carbons (Fsp3) is 0.625. The molecule has 0 rings (SSSR count). The molecule has 0 saturated carbocycles. The molecular formula is C8H13NO2. The van der Waals surface area contributed by atoms with Gasteiger partial charge in [-0.25, -0.2) is 0 Å². The minimum Gasteiger partial charge on any atom is -0.396 e. The number of carbonyl (C=O) groups is 1. The lowest BCUT2D eigenvalue weighted by Gasteiger charge is -2.09. The molecule has 0 bridgehead atoms. The van der Waals surface area contributed by atoms with Crippen molar-refractivity contribution in [2.45, 2.75) is 25.8 Å². The van der Waals surface area contributed by atoms with Gasteiger partial charge >= 0.3 is 0 Å². The Balaban J connectivity index is 3.45. The largest absolute Gasteiger partial charge is 0.396 e. The zero-order valence-corrected chi connectivity index (χ0v) is 6.63. The van der Waals surface area contributed by atoms with Gasteiger partial charge in [-0.2, -0.15) is 0 Å². The third kappa shape index (κ3) is 5.43. The zero-order chi connectivity index (χ0) is 8.69. The molecule has 0 aliphatic heterocycles. The molecule has 1 amide bonds. The Labute approximate surface area is 66.8 Å². The second-order valence-electron chi connectivity index (χ2n) is 2.38. The van der Waals surface area contributed by atoms with Crippen molar-refractivity contribution in [3.05, 3.63) is 0 Å². The van der Waals surface area contributed by atoms with Crippen molar-refractivity contribution in [1.82, 2.24) is 5.32 Å². The first-order chi connectivity index (χ1) is 5.20. The van der Waals surface area contributed by atoms with Gasteiger partial charge in [0, 0.05) is 12.6 Å². The molecule has 2 N–H and O–H groups in total. The highest BCUT2D eigenvalue weighted by Gasteiger charge is 2.02. The molecule has 0 aromatic rings. The van der Waals surface area contributed by atoms with E-state index in [-0.39, 0.29) is 12.6 Å². The van der Waals surface area contributed by atoms with E-state index in [0.29, 0.717) is 6.42 Å². The molecule has 0 fully saturated rings. The van der Waals surface area contributed by atoms with E-state index in [1.165, 1.54) is 0 Å². The van der Waals surface area contributed by atoms with Gasteiger partial charge in [-0.1, -0.05) is 0 Å². The molecule has 1 atom stereocenters. The molecule has 0 aromatic carbocycles. The standard InChI is InChI=1S/C8H13NO2/c1-3-8(11)9-7(2)5-4-6-10/h1,7,10H,4-6H2,2H3,(H,9,11). The number of rotatable bonds is 4. The van der Waals surface area contributed by atoms with Gasteiger partial charge in [0.2, 0.25) is 0 Å². The van der Waals surface area contributed by atoms with Crippen LogP contribution in [0.3, 0.4) is 0 Å². The van der Waals surface area contributed by atoms with Crippen LogP contribution in [0.4, 0.5) is 0 Å². The van der Waals surface area contributed by atoms with E-state index in [1.807, 2.05) is 12.8 Å². The van der Waals surface area contributed by atoms with Crippen molar-refractivity contribution >= 4 is 5.91 Å². The van der Waals surface area contributed by atoms with Gasteiger partial charge in [-0.15, -0.1) is 6.42 Å². The fourth-order valence-electron chi connectivity index (χ4n) is 0.735. The Kier molecular flexibility index (Phi) is 5.22. The second-order valence-corrected chi connectivity index (χ2v) is 2.38. The predicted molar refractivity (Wildman–Crippen MR) is 42.8 cm³/mol. The predicted octanol–water partition coefficient (Wildman–Crippen LogP) is -0.103. The minimum atomic E-state index is -0.393. The van der Waals surface area contributed by atoms with Crippen molar-refractivity contribution in [3.63, 3.8) is 0 Å². The van der Waals surface area contributed by atoms with Crippen LogP contribution in [0, 0.1) is 12.3 Å². The fourth-order valence-corrected chi connectivity index (χ4v) is 0.735. The molecule has 1 unspecified atom stereocenters. The maximum Gasteiger partial charge on any atom is 0.295 e. The highest BCUT2D eigenvalue weighted by molar-refractivity contribution is 5.92. The summed E-state index contributed by atoms with van der Waals surface area (Å²) in [5.41, 5.74) is 0. The van der Waals surface area contributed by atoms with E-state index in [9.17, 15) is 4.79 Å². The number of hydrogen-bond donors (Lipinski definition) is 2. The lowest BCUT2D eigenvalue weighted by molar-refractivity contribution is -0.116. The minimum absolute atomic E-state index is 0.0469. The highest BCUT2D eigenvalue weighted by Crippen LogP contribution is 1.93. The summed E-state index contributed by atoms with van der Waals surface area (Å²) >= 11 is 0. The molecule has 3 heteroatoms. The van der Waals surface area contributed by atoms with Gasteiger partial charge in [-0.3, -0.25) is 4.79 Å². The number of carbonyl (C=O) groups excluding carboxylic acids is 1. The van der Waals surface area contributed by atoms with E-state index >= 15 is 0 Å². The lowest BCUT2D eigenvalue weighted by Crippen LogP contribution is -2.31. The first kappa shape index (κ1) is 9.99.